The quantitative estimate of drug-likeness (QED) is 0.857. The minimum absolute atomic E-state index is 0.220. The molecule has 2 rings (SSSR count). The molecule has 19 heavy (non-hydrogen) atoms. The van der Waals surface area contributed by atoms with Gasteiger partial charge in [0.05, 0.1) is 4.47 Å². The zero-order chi connectivity index (χ0) is 13.8. The summed E-state index contributed by atoms with van der Waals surface area (Å²) in [5.74, 6) is -0.220. The fourth-order valence-corrected chi connectivity index (χ4v) is 2.14. The van der Waals surface area contributed by atoms with Crippen molar-refractivity contribution in [2.75, 3.05) is 0 Å². The first-order chi connectivity index (χ1) is 9.06. The van der Waals surface area contributed by atoms with Gasteiger partial charge in [-0.2, -0.15) is 0 Å². The van der Waals surface area contributed by atoms with Crippen molar-refractivity contribution < 1.29 is 4.39 Å². The maximum atomic E-state index is 13.4. The molecule has 1 nitrogen and oxygen atoms in total. The van der Waals surface area contributed by atoms with Crippen LogP contribution in [0.4, 0.5) is 4.39 Å². The summed E-state index contributed by atoms with van der Waals surface area (Å²) in [6.45, 7) is 4.84. The molecular weight excluding hydrogens is 305 g/mol. The number of halogens is 2. The van der Waals surface area contributed by atoms with Crippen molar-refractivity contribution in [2.45, 2.75) is 26.4 Å². The minimum atomic E-state index is -0.220. The number of nitrogens with one attached hydrogen (secondary N) is 1. The third-order valence-corrected chi connectivity index (χ3v) is 3.82. The second-order valence-corrected chi connectivity index (χ2v) is 5.62. The molecule has 0 bridgehead atoms. The second kappa shape index (κ2) is 6.31. The van der Waals surface area contributed by atoms with Gasteiger partial charge in [-0.05, 0) is 53.0 Å². The molecule has 0 aromatic heterocycles. The molecule has 0 heterocycles. The Bertz CT molecular complexity index is 551. The number of aryl methyl sites for hydroxylation is 1. The van der Waals surface area contributed by atoms with Gasteiger partial charge in [-0.3, -0.25) is 0 Å². The minimum Gasteiger partial charge on any atom is -0.306 e. The first-order valence-corrected chi connectivity index (χ1v) is 7.09. The summed E-state index contributed by atoms with van der Waals surface area (Å²) in [6, 6.07) is 13.9. The summed E-state index contributed by atoms with van der Waals surface area (Å²) in [4.78, 5) is 0. The monoisotopic (exact) mass is 321 g/mol. The number of rotatable bonds is 4. The molecule has 0 saturated heterocycles. The standard InChI is InChI=1S/C16H17BrFN/c1-11-3-6-14(7-4-11)12(2)19-10-13-5-8-15(17)16(18)9-13/h3-9,12,19H,10H2,1-2H3/t12-/m1/s1. The highest BCUT2D eigenvalue weighted by Gasteiger charge is 2.05. The first-order valence-electron chi connectivity index (χ1n) is 6.30. The maximum Gasteiger partial charge on any atom is 0.137 e. The van der Waals surface area contributed by atoms with Crippen LogP contribution in [0, 0.1) is 12.7 Å². The van der Waals surface area contributed by atoms with E-state index in [-0.39, 0.29) is 11.9 Å². The summed E-state index contributed by atoms with van der Waals surface area (Å²) >= 11 is 3.16. The molecule has 1 atom stereocenters. The van der Waals surface area contributed by atoms with Gasteiger partial charge in [0.2, 0.25) is 0 Å². The summed E-state index contributed by atoms with van der Waals surface area (Å²) < 4.78 is 13.9. The SMILES string of the molecule is Cc1ccc([C@@H](C)NCc2ccc(Br)c(F)c2)cc1. The molecular formula is C16H17BrFN. The van der Waals surface area contributed by atoms with E-state index in [1.807, 2.05) is 6.07 Å². The third-order valence-electron chi connectivity index (χ3n) is 3.17. The van der Waals surface area contributed by atoms with E-state index in [1.54, 1.807) is 12.1 Å². The predicted molar refractivity (Wildman–Crippen MR) is 80.5 cm³/mol. The Morgan fingerprint density at radius 2 is 1.84 bits per heavy atom. The van der Waals surface area contributed by atoms with Crippen molar-refractivity contribution in [1.29, 1.82) is 0 Å². The molecule has 3 heteroatoms. The first kappa shape index (κ1) is 14.2. The van der Waals surface area contributed by atoms with Gasteiger partial charge in [-0.15, -0.1) is 0 Å². The van der Waals surface area contributed by atoms with Crippen molar-refractivity contribution >= 4 is 15.9 Å². The van der Waals surface area contributed by atoms with Crippen LogP contribution in [0.15, 0.2) is 46.9 Å². The van der Waals surface area contributed by atoms with Crippen LogP contribution >= 0.6 is 15.9 Å². The van der Waals surface area contributed by atoms with E-state index in [2.05, 4.69) is 59.4 Å². The zero-order valence-corrected chi connectivity index (χ0v) is 12.7. The number of benzene rings is 2. The van der Waals surface area contributed by atoms with Gasteiger partial charge >= 0.3 is 0 Å². The van der Waals surface area contributed by atoms with E-state index in [9.17, 15) is 4.39 Å². The largest absolute Gasteiger partial charge is 0.306 e. The van der Waals surface area contributed by atoms with Crippen molar-refractivity contribution in [3.8, 4) is 0 Å². The second-order valence-electron chi connectivity index (χ2n) is 4.76. The van der Waals surface area contributed by atoms with E-state index >= 15 is 0 Å². The Morgan fingerprint density at radius 3 is 2.47 bits per heavy atom. The maximum absolute atomic E-state index is 13.4. The molecule has 0 spiro atoms. The van der Waals surface area contributed by atoms with Gasteiger partial charge in [0.25, 0.3) is 0 Å². The van der Waals surface area contributed by atoms with Crippen molar-refractivity contribution in [1.82, 2.24) is 5.32 Å². The van der Waals surface area contributed by atoms with Gasteiger partial charge in [0.1, 0.15) is 5.82 Å². The van der Waals surface area contributed by atoms with Gasteiger partial charge in [-0.1, -0.05) is 35.9 Å². The molecule has 100 valence electrons. The Balaban J connectivity index is 1.98. The molecule has 0 aliphatic carbocycles. The molecule has 0 saturated carbocycles. The van der Waals surface area contributed by atoms with E-state index in [1.165, 1.54) is 11.1 Å². The van der Waals surface area contributed by atoms with Gasteiger partial charge < -0.3 is 5.32 Å². The van der Waals surface area contributed by atoms with Gasteiger partial charge in [0, 0.05) is 12.6 Å². The average Bonchev–Trinajstić information content (AvgIpc) is 2.40. The molecule has 2 aromatic carbocycles. The van der Waals surface area contributed by atoms with Crippen LogP contribution in [-0.4, -0.2) is 0 Å². The predicted octanol–water partition coefficient (Wildman–Crippen LogP) is 4.75. The smallest absolute Gasteiger partial charge is 0.137 e. The molecule has 0 amide bonds. The summed E-state index contributed by atoms with van der Waals surface area (Å²) in [5, 5.41) is 3.40. The summed E-state index contributed by atoms with van der Waals surface area (Å²) in [5.41, 5.74) is 3.44. The van der Waals surface area contributed by atoms with E-state index < -0.39 is 0 Å². The average molecular weight is 322 g/mol. The van der Waals surface area contributed by atoms with Crippen LogP contribution in [0.1, 0.15) is 29.7 Å². The lowest BCUT2D eigenvalue weighted by Gasteiger charge is -2.14. The van der Waals surface area contributed by atoms with Crippen LogP contribution in [-0.2, 0) is 6.54 Å². The summed E-state index contributed by atoms with van der Waals surface area (Å²) in [7, 11) is 0. The fraction of sp³-hybridized carbons (Fsp3) is 0.250. The number of hydrogen-bond acceptors (Lipinski definition) is 1. The van der Waals surface area contributed by atoms with Crippen LogP contribution < -0.4 is 5.32 Å². The molecule has 0 aliphatic heterocycles. The highest BCUT2D eigenvalue weighted by Crippen LogP contribution is 2.18. The van der Waals surface area contributed by atoms with Crippen LogP contribution in [0.3, 0.4) is 0 Å². The van der Waals surface area contributed by atoms with Gasteiger partial charge in [0.15, 0.2) is 0 Å². The van der Waals surface area contributed by atoms with Gasteiger partial charge in [-0.25, -0.2) is 4.39 Å². The van der Waals surface area contributed by atoms with E-state index in [0.29, 0.717) is 11.0 Å². The van der Waals surface area contributed by atoms with Crippen LogP contribution in [0.25, 0.3) is 0 Å². The Hall–Kier alpha value is -1.19. The lowest BCUT2D eigenvalue weighted by molar-refractivity contribution is 0.568. The van der Waals surface area contributed by atoms with Crippen LogP contribution in [0.5, 0.6) is 0 Å². The normalized spacial score (nSPS) is 12.4. The molecule has 1 N–H and O–H groups in total. The molecule has 0 fully saturated rings. The number of hydrogen-bond donors (Lipinski definition) is 1. The zero-order valence-electron chi connectivity index (χ0n) is 11.1. The molecule has 0 aliphatic rings. The van der Waals surface area contributed by atoms with E-state index in [0.717, 1.165) is 5.56 Å². The topological polar surface area (TPSA) is 12.0 Å². The molecule has 0 radical (unpaired) electrons. The lowest BCUT2D eigenvalue weighted by atomic mass is 10.1. The van der Waals surface area contributed by atoms with E-state index in [4.69, 9.17) is 0 Å². The summed E-state index contributed by atoms with van der Waals surface area (Å²) in [6.07, 6.45) is 0. The van der Waals surface area contributed by atoms with Crippen LogP contribution in [0.2, 0.25) is 0 Å². The lowest BCUT2D eigenvalue weighted by Crippen LogP contribution is -2.18. The highest BCUT2D eigenvalue weighted by atomic mass is 79.9. The fourth-order valence-electron chi connectivity index (χ4n) is 1.89. The van der Waals surface area contributed by atoms with Crippen molar-refractivity contribution in [2.24, 2.45) is 0 Å². The van der Waals surface area contributed by atoms with Crippen molar-refractivity contribution in [3.05, 3.63) is 69.4 Å². The molecule has 0 unspecified atom stereocenters. The van der Waals surface area contributed by atoms with Crippen molar-refractivity contribution in [3.63, 3.8) is 0 Å². The Labute approximate surface area is 122 Å². The Morgan fingerprint density at radius 1 is 1.16 bits per heavy atom. The highest BCUT2D eigenvalue weighted by molar-refractivity contribution is 9.10. The molecule has 2 aromatic rings. The Kier molecular flexibility index (Phi) is 4.72. The third kappa shape index (κ3) is 3.88.